The lowest BCUT2D eigenvalue weighted by Gasteiger charge is -2.32. The SMILES string of the molecule is CCC1CCCN(C(=O)NCCCCCC(=O)O)C1. The summed E-state index contributed by atoms with van der Waals surface area (Å²) in [6.45, 7) is 4.56. The molecule has 1 aliphatic heterocycles. The van der Waals surface area contributed by atoms with Crippen molar-refractivity contribution in [2.24, 2.45) is 5.92 Å². The molecule has 110 valence electrons. The normalized spacial score (nSPS) is 19.2. The van der Waals surface area contributed by atoms with Gasteiger partial charge in [0.2, 0.25) is 0 Å². The van der Waals surface area contributed by atoms with Crippen LogP contribution in [0.3, 0.4) is 0 Å². The Morgan fingerprint density at radius 1 is 1.32 bits per heavy atom. The maximum Gasteiger partial charge on any atom is 0.317 e. The molecule has 1 aliphatic rings. The smallest absolute Gasteiger partial charge is 0.317 e. The highest BCUT2D eigenvalue weighted by molar-refractivity contribution is 5.74. The number of likely N-dealkylation sites (tertiary alicyclic amines) is 1. The predicted octanol–water partition coefficient (Wildman–Crippen LogP) is 2.46. The number of unbranched alkanes of at least 4 members (excludes halogenated alkanes) is 2. The lowest BCUT2D eigenvalue weighted by atomic mass is 9.96. The topological polar surface area (TPSA) is 69.6 Å². The molecule has 1 fully saturated rings. The number of hydrogen-bond donors (Lipinski definition) is 2. The Balaban J connectivity index is 2.08. The van der Waals surface area contributed by atoms with Crippen LogP contribution in [-0.4, -0.2) is 41.6 Å². The molecule has 0 saturated carbocycles. The molecule has 5 nitrogen and oxygen atoms in total. The molecule has 2 amide bonds. The highest BCUT2D eigenvalue weighted by Crippen LogP contribution is 2.18. The molecule has 1 saturated heterocycles. The Morgan fingerprint density at radius 2 is 2.11 bits per heavy atom. The van der Waals surface area contributed by atoms with Gasteiger partial charge in [-0.2, -0.15) is 0 Å². The van der Waals surface area contributed by atoms with E-state index < -0.39 is 5.97 Å². The van der Waals surface area contributed by atoms with Crippen molar-refractivity contribution in [2.75, 3.05) is 19.6 Å². The fourth-order valence-corrected chi connectivity index (χ4v) is 2.47. The monoisotopic (exact) mass is 270 g/mol. The van der Waals surface area contributed by atoms with Crippen LogP contribution >= 0.6 is 0 Å². The van der Waals surface area contributed by atoms with E-state index in [0.29, 0.717) is 18.9 Å². The summed E-state index contributed by atoms with van der Waals surface area (Å²) in [5.41, 5.74) is 0. The highest BCUT2D eigenvalue weighted by atomic mass is 16.4. The van der Waals surface area contributed by atoms with Gasteiger partial charge in [-0.05, 0) is 31.6 Å². The van der Waals surface area contributed by atoms with Gasteiger partial charge in [0.15, 0.2) is 0 Å². The van der Waals surface area contributed by atoms with Crippen LogP contribution in [0.5, 0.6) is 0 Å². The average molecular weight is 270 g/mol. The van der Waals surface area contributed by atoms with Gasteiger partial charge in [-0.3, -0.25) is 4.79 Å². The molecule has 0 aromatic carbocycles. The second kappa shape index (κ2) is 8.77. The number of carboxylic acid groups (broad SMARTS) is 1. The standard InChI is InChI=1S/C14H26N2O3/c1-2-12-7-6-10-16(11-12)14(19)15-9-5-3-4-8-13(17)18/h12H,2-11H2,1H3,(H,15,19)(H,17,18). The molecule has 1 heterocycles. The molecule has 2 N–H and O–H groups in total. The largest absolute Gasteiger partial charge is 0.481 e. The quantitative estimate of drug-likeness (QED) is 0.698. The number of nitrogens with one attached hydrogen (secondary N) is 1. The van der Waals surface area contributed by atoms with Crippen molar-refractivity contribution >= 4 is 12.0 Å². The fourth-order valence-electron chi connectivity index (χ4n) is 2.47. The second-order valence-corrected chi connectivity index (χ2v) is 5.30. The molecule has 1 atom stereocenters. The zero-order valence-electron chi connectivity index (χ0n) is 11.9. The molecule has 0 radical (unpaired) electrons. The fraction of sp³-hybridized carbons (Fsp3) is 0.857. The van der Waals surface area contributed by atoms with Gasteiger partial charge < -0.3 is 15.3 Å². The Kier molecular flexibility index (Phi) is 7.30. The summed E-state index contributed by atoms with van der Waals surface area (Å²) in [7, 11) is 0. The van der Waals surface area contributed by atoms with Gasteiger partial charge in [-0.15, -0.1) is 0 Å². The van der Waals surface area contributed by atoms with Crippen LogP contribution in [0.15, 0.2) is 0 Å². The van der Waals surface area contributed by atoms with Crippen LogP contribution < -0.4 is 5.32 Å². The maximum atomic E-state index is 11.9. The molecular weight excluding hydrogens is 244 g/mol. The van der Waals surface area contributed by atoms with Gasteiger partial charge in [-0.1, -0.05) is 19.8 Å². The van der Waals surface area contributed by atoms with Gasteiger partial charge in [0.05, 0.1) is 0 Å². The van der Waals surface area contributed by atoms with Crippen molar-refractivity contribution in [2.45, 2.75) is 51.9 Å². The molecule has 0 aromatic heterocycles. The van der Waals surface area contributed by atoms with E-state index in [1.165, 1.54) is 6.42 Å². The van der Waals surface area contributed by atoms with E-state index in [9.17, 15) is 9.59 Å². The van der Waals surface area contributed by atoms with Crippen molar-refractivity contribution in [3.05, 3.63) is 0 Å². The molecule has 0 aliphatic carbocycles. The summed E-state index contributed by atoms with van der Waals surface area (Å²) >= 11 is 0. The van der Waals surface area contributed by atoms with E-state index in [4.69, 9.17) is 5.11 Å². The van der Waals surface area contributed by atoms with Gasteiger partial charge in [-0.25, -0.2) is 4.79 Å². The Bertz CT molecular complexity index is 294. The van der Waals surface area contributed by atoms with Crippen molar-refractivity contribution in [3.8, 4) is 0 Å². The van der Waals surface area contributed by atoms with Crippen LogP contribution in [0.2, 0.25) is 0 Å². The third-order valence-electron chi connectivity index (χ3n) is 3.73. The first kappa shape index (κ1) is 15.8. The van der Waals surface area contributed by atoms with Crippen LogP contribution in [0, 0.1) is 5.92 Å². The molecular formula is C14H26N2O3. The molecule has 0 aromatic rings. The number of piperidine rings is 1. The molecule has 5 heteroatoms. The number of amides is 2. The van der Waals surface area contributed by atoms with Crippen molar-refractivity contribution < 1.29 is 14.7 Å². The zero-order valence-corrected chi connectivity index (χ0v) is 11.9. The van der Waals surface area contributed by atoms with Gasteiger partial charge in [0, 0.05) is 26.1 Å². The number of rotatable bonds is 7. The van der Waals surface area contributed by atoms with E-state index in [-0.39, 0.29) is 12.5 Å². The van der Waals surface area contributed by atoms with Crippen molar-refractivity contribution in [1.29, 1.82) is 0 Å². The number of nitrogens with zero attached hydrogens (tertiary/aromatic N) is 1. The predicted molar refractivity (Wildman–Crippen MR) is 74.1 cm³/mol. The van der Waals surface area contributed by atoms with E-state index in [2.05, 4.69) is 12.2 Å². The number of carbonyl (C=O) groups is 2. The Hall–Kier alpha value is -1.26. The van der Waals surface area contributed by atoms with E-state index >= 15 is 0 Å². The van der Waals surface area contributed by atoms with Crippen LogP contribution in [-0.2, 0) is 4.79 Å². The van der Waals surface area contributed by atoms with Crippen LogP contribution in [0.1, 0.15) is 51.9 Å². The highest BCUT2D eigenvalue weighted by Gasteiger charge is 2.21. The molecule has 0 spiro atoms. The lowest BCUT2D eigenvalue weighted by molar-refractivity contribution is -0.137. The van der Waals surface area contributed by atoms with E-state index in [1.807, 2.05) is 4.90 Å². The number of carbonyl (C=O) groups excluding carboxylic acids is 1. The third-order valence-corrected chi connectivity index (χ3v) is 3.73. The number of carboxylic acids is 1. The Morgan fingerprint density at radius 3 is 2.79 bits per heavy atom. The lowest BCUT2D eigenvalue weighted by Crippen LogP contribution is -2.45. The van der Waals surface area contributed by atoms with E-state index in [1.54, 1.807) is 0 Å². The molecule has 19 heavy (non-hydrogen) atoms. The first-order valence-corrected chi connectivity index (χ1v) is 7.38. The molecule has 1 rings (SSSR count). The van der Waals surface area contributed by atoms with Gasteiger partial charge >= 0.3 is 12.0 Å². The summed E-state index contributed by atoms with van der Waals surface area (Å²) in [5, 5.41) is 11.4. The van der Waals surface area contributed by atoms with Gasteiger partial charge in [0.1, 0.15) is 0 Å². The summed E-state index contributed by atoms with van der Waals surface area (Å²) in [4.78, 5) is 24.2. The minimum Gasteiger partial charge on any atom is -0.481 e. The third kappa shape index (κ3) is 6.45. The zero-order chi connectivity index (χ0) is 14.1. The molecule has 1 unspecified atom stereocenters. The van der Waals surface area contributed by atoms with Crippen LogP contribution in [0.25, 0.3) is 0 Å². The second-order valence-electron chi connectivity index (χ2n) is 5.30. The van der Waals surface area contributed by atoms with Crippen LogP contribution in [0.4, 0.5) is 4.79 Å². The molecule has 0 bridgehead atoms. The van der Waals surface area contributed by atoms with Crippen molar-refractivity contribution in [1.82, 2.24) is 10.2 Å². The number of urea groups is 1. The van der Waals surface area contributed by atoms with Gasteiger partial charge in [0.25, 0.3) is 0 Å². The minimum absolute atomic E-state index is 0.0383. The number of hydrogen-bond acceptors (Lipinski definition) is 2. The maximum absolute atomic E-state index is 11.9. The number of aliphatic carboxylic acids is 1. The summed E-state index contributed by atoms with van der Waals surface area (Å²) in [6, 6.07) is 0.0383. The first-order valence-electron chi connectivity index (χ1n) is 7.38. The summed E-state index contributed by atoms with van der Waals surface area (Å²) in [6.07, 6.45) is 6.08. The van der Waals surface area contributed by atoms with E-state index in [0.717, 1.165) is 38.8 Å². The first-order chi connectivity index (χ1) is 9.13. The van der Waals surface area contributed by atoms with Crippen molar-refractivity contribution in [3.63, 3.8) is 0 Å². The average Bonchev–Trinajstić information content (AvgIpc) is 2.42. The summed E-state index contributed by atoms with van der Waals surface area (Å²) in [5.74, 6) is -0.0990. The summed E-state index contributed by atoms with van der Waals surface area (Å²) < 4.78 is 0. The minimum atomic E-state index is -0.747. The Labute approximate surface area is 115 Å².